The van der Waals surface area contributed by atoms with Crippen LogP contribution in [0.2, 0.25) is 0 Å². The zero-order chi connectivity index (χ0) is 14.3. The summed E-state index contributed by atoms with van der Waals surface area (Å²) in [6, 6.07) is 4.31. The van der Waals surface area contributed by atoms with Crippen LogP contribution >= 0.6 is 11.3 Å². The number of anilines is 1. The first-order valence-electron chi connectivity index (χ1n) is 5.85. The minimum atomic E-state index is -0.458. The van der Waals surface area contributed by atoms with Crippen LogP contribution in [-0.4, -0.2) is 24.7 Å². The van der Waals surface area contributed by atoms with Crippen LogP contribution in [0.3, 0.4) is 0 Å². The molecule has 8 nitrogen and oxygen atoms in total. The number of aryl methyl sites for hydroxylation is 1. The molecule has 1 aromatic carbocycles. The third-order valence-electron chi connectivity index (χ3n) is 2.85. The molecule has 3 rings (SSSR count). The maximum Gasteiger partial charge on any atom is 0.270 e. The quantitative estimate of drug-likeness (QED) is 0.448. The standard InChI is InChI=1S/C11H10N6O2S/c1-2-9-13-14-11-16(9)15-10(20-11)7-5-6(17(18)19)3-4-8(7)12/h3-5H,2,12H2,1H3. The van der Waals surface area contributed by atoms with Crippen molar-refractivity contribution in [3.8, 4) is 10.6 Å². The summed E-state index contributed by atoms with van der Waals surface area (Å²) in [4.78, 5) is 11.0. The third kappa shape index (κ3) is 1.88. The number of hydrogen-bond acceptors (Lipinski definition) is 7. The second-order valence-corrected chi connectivity index (χ2v) is 5.06. The highest BCUT2D eigenvalue weighted by atomic mass is 32.1. The maximum atomic E-state index is 10.8. The first kappa shape index (κ1) is 12.5. The van der Waals surface area contributed by atoms with Crippen molar-refractivity contribution >= 4 is 27.7 Å². The highest BCUT2D eigenvalue weighted by molar-refractivity contribution is 7.19. The van der Waals surface area contributed by atoms with Gasteiger partial charge in [-0.1, -0.05) is 18.3 Å². The molecule has 20 heavy (non-hydrogen) atoms. The maximum absolute atomic E-state index is 10.8. The lowest BCUT2D eigenvalue weighted by Crippen LogP contribution is -1.96. The van der Waals surface area contributed by atoms with Crippen molar-refractivity contribution in [1.29, 1.82) is 0 Å². The Morgan fingerprint density at radius 3 is 2.95 bits per heavy atom. The van der Waals surface area contributed by atoms with E-state index in [9.17, 15) is 10.1 Å². The van der Waals surface area contributed by atoms with E-state index in [1.165, 1.54) is 29.5 Å². The molecule has 0 amide bonds. The Morgan fingerprint density at radius 2 is 2.25 bits per heavy atom. The normalized spacial score (nSPS) is 11.1. The van der Waals surface area contributed by atoms with Gasteiger partial charge in [-0.15, -0.1) is 10.2 Å². The van der Waals surface area contributed by atoms with E-state index in [-0.39, 0.29) is 5.69 Å². The van der Waals surface area contributed by atoms with Gasteiger partial charge in [-0.25, -0.2) is 0 Å². The van der Waals surface area contributed by atoms with Crippen LogP contribution in [0.25, 0.3) is 15.5 Å². The molecule has 0 radical (unpaired) electrons. The summed E-state index contributed by atoms with van der Waals surface area (Å²) in [5.41, 5.74) is 6.85. The smallest absolute Gasteiger partial charge is 0.270 e. The molecule has 0 atom stereocenters. The highest BCUT2D eigenvalue weighted by Crippen LogP contribution is 2.32. The predicted octanol–water partition coefficient (Wildman–Crippen LogP) is 1.91. The number of benzene rings is 1. The van der Waals surface area contributed by atoms with Crippen molar-refractivity contribution in [2.24, 2.45) is 0 Å². The Labute approximate surface area is 117 Å². The lowest BCUT2D eigenvalue weighted by atomic mass is 10.1. The van der Waals surface area contributed by atoms with E-state index in [0.717, 1.165) is 5.82 Å². The van der Waals surface area contributed by atoms with Crippen LogP contribution in [-0.2, 0) is 6.42 Å². The molecule has 0 fully saturated rings. The first-order chi connectivity index (χ1) is 9.60. The minimum Gasteiger partial charge on any atom is -0.398 e. The van der Waals surface area contributed by atoms with Gasteiger partial charge in [0.25, 0.3) is 5.69 Å². The van der Waals surface area contributed by atoms with Crippen molar-refractivity contribution in [3.63, 3.8) is 0 Å². The highest BCUT2D eigenvalue weighted by Gasteiger charge is 2.16. The van der Waals surface area contributed by atoms with E-state index in [4.69, 9.17) is 5.73 Å². The molecule has 0 aliphatic rings. The van der Waals surface area contributed by atoms with Gasteiger partial charge in [0.05, 0.1) is 4.92 Å². The molecule has 0 aliphatic heterocycles. The van der Waals surface area contributed by atoms with Gasteiger partial charge in [-0.3, -0.25) is 10.1 Å². The molecule has 102 valence electrons. The van der Waals surface area contributed by atoms with E-state index in [2.05, 4.69) is 15.3 Å². The van der Waals surface area contributed by atoms with Gasteiger partial charge < -0.3 is 5.73 Å². The number of nitrogen functional groups attached to an aromatic ring is 1. The largest absolute Gasteiger partial charge is 0.398 e. The van der Waals surface area contributed by atoms with Crippen molar-refractivity contribution in [3.05, 3.63) is 34.1 Å². The van der Waals surface area contributed by atoms with E-state index >= 15 is 0 Å². The van der Waals surface area contributed by atoms with Gasteiger partial charge in [0.15, 0.2) is 5.82 Å². The SMILES string of the molecule is CCc1nnc2sc(-c3cc([N+](=O)[O-])ccc3N)nn12. The minimum absolute atomic E-state index is 0.0177. The number of aromatic nitrogens is 4. The lowest BCUT2D eigenvalue weighted by molar-refractivity contribution is -0.384. The second-order valence-electron chi connectivity index (χ2n) is 4.10. The van der Waals surface area contributed by atoms with Gasteiger partial charge in [-0.05, 0) is 6.07 Å². The fraction of sp³-hybridized carbons (Fsp3) is 0.182. The second kappa shape index (κ2) is 4.53. The molecular weight excluding hydrogens is 280 g/mol. The molecule has 2 heterocycles. The number of nitrogens with two attached hydrogens (primary N) is 1. The number of nitro benzene ring substituents is 1. The van der Waals surface area contributed by atoms with Crippen molar-refractivity contribution in [2.75, 3.05) is 5.73 Å². The molecule has 3 aromatic rings. The van der Waals surface area contributed by atoms with Gasteiger partial charge >= 0.3 is 0 Å². The van der Waals surface area contributed by atoms with Crippen LogP contribution in [0, 0.1) is 10.1 Å². The monoisotopic (exact) mass is 290 g/mol. The average Bonchev–Trinajstić information content (AvgIpc) is 2.98. The number of fused-ring (bicyclic) bond motifs is 1. The molecule has 0 saturated carbocycles. The van der Waals surface area contributed by atoms with E-state index in [1.807, 2.05) is 6.92 Å². The number of non-ortho nitro benzene ring substituents is 1. The molecule has 0 unspecified atom stereocenters. The molecular formula is C11H10N6O2S. The Balaban J connectivity index is 2.17. The molecule has 0 bridgehead atoms. The summed E-state index contributed by atoms with van der Waals surface area (Å²) >= 11 is 1.30. The number of hydrogen-bond donors (Lipinski definition) is 1. The van der Waals surface area contributed by atoms with E-state index in [0.29, 0.717) is 27.6 Å². The molecule has 2 N–H and O–H groups in total. The van der Waals surface area contributed by atoms with Crippen LogP contribution in [0.5, 0.6) is 0 Å². The Kier molecular flexibility index (Phi) is 2.83. The average molecular weight is 290 g/mol. The summed E-state index contributed by atoms with van der Waals surface area (Å²) in [6.07, 6.45) is 0.703. The number of nitro groups is 1. The van der Waals surface area contributed by atoms with Gasteiger partial charge in [0, 0.05) is 29.8 Å². The number of rotatable bonds is 3. The molecule has 2 aromatic heterocycles. The topological polar surface area (TPSA) is 112 Å². The van der Waals surface area contributed by atoms with Crippen LogP contribution in [0.15, 0.2) is 18.2 Å². The van der Waals surface area contributed by atoms with Crippen molar-refractivity contribution in [2.45, 2.75) is 13.3 Å². The lowest BCUT2D eigenvalue weighted by Gasteiger charge is -2.01. The van der Waals surface area contributed by atoms with Crippen LogP contribution in [0.1, 0.15) is 12.7 Å². The van der Waals surface area contributed by atoms with Crippen LogP contribution < -0.4 is 5.73 Å². The van der Waals surface area contributed by atoms with E-state index < -0.39 is 4.92 Å². The Morgan fingerprint density at radius 1 is 1.45 bits per heavy atom. The Bertz CT molecular complexity index is 808. The zero-order valence-electron chi connectivity index (χ0n) is 10.5. The third-order valence-corrected chi connectivity index (χ3v) is 3.78. The van der Waals surface area contributed by atoms with E-state index in [1.54, 1.807) is 4.52 Å². The molecule has 0 spiro atoms. The molecule has 0 saturated heterocycles. The summed E-state index contributed by atoms with van der Waals surface area (Å²) in [5.74, 6) is 0.742. The summed E-state index contributed by atoms with van der Waals surface area (Å²) < 4.78 is 1.64. The fourth-order valence-corrected chi connectivity index (χ4v) is 2.73. The summed E-state index contributed by atoms with van der Waals surface area (Å²) in [5, 5.41) is 23.8. The molecule has 9 heteroatoms. The summed E-state index contributed by atoms with van der Waals surface area (Å²) in [6.45, 7) is 1.96. The van der Waals surface area contributed by atoms with Gasteiger partial charge in [0.2, 0.25) is 4.96 Å². The molecule has 0 aliphatic carbocycles. The first-order valence-corrected chi connectivity index (χ1v) is 6.67. The summed E-state index contributed by atoms with van der Waals surface area (Å²) in [7, 11) is 0. The predicted molar refractivity (Wildman–Crippen MR) is 74.5 cm³/mol. The zero-order valence-corrected chi connectivity index (χ0v) is 11.3. The van der Waals surface area contributed by atoms with Gasteiger partial charge in [-0.2, -0.15) is 9.61 Å². The number of nitrogens with zero attached hydrogens (tertiary/aromatic N) is 5. The van der Waals surface area contributed by atoms with Crippen LogP contribution in [0.4, 0.5) is 11.4 Å². The van der Waals surface area contributed by atoms with Crippen molar-refractivity contribution < 1.29 is 4.92 Å². The van der Waals surface area contributed by atoms with Gasteiger partial charge in [0.1, 0.15) is 5.01 Å². The van der Waals surface area contributed by atoms with Crippen molar-refractivity contribution in [1.82, 2.24) is 19.8 Å². The fourth-order valence-electron chi connectivity index (χ4n) is 1.83. The Hall–Kier alpha value is -2.55.